The first kappa shape index (κ1) is 22.1. The topological polar surface area (TPSA) is 178 Å². The highest BCUT2D eigenvalue weighted by molar-refractivity contribution is 7.20. The van der Waals surface area contributed by atoms with E-state index in [4.69, 9.17) is 5.73 Å². The summed E-state index contributed by atoms with van der Waals surface area (Å²) in [7, 11) is 0. The summed E-state index contributed by atoms with van der Waals surface area (Å²) in [5.74, 6) is 1.21. The minimum absolute atomic E-state index is 0.283. The molecular formula is C24H19N11OS. The van der Waals surface area contributed by atoms with E-state index in [2.05, 4.69) is 47.3 Å². The lowest BCUT2D eigenvalue weighted by Crippen LogP contribution is -2.16. The second-order valence-corrected chi connectivity index (χ2v) is 9.21. The molecule has 0 spiro atoms. The number of para-hydroxylation sites is 1. The summed E-state index contributed by atoms with van der Waals surface area (Å²) in [6.45, 7) is 1.89. The van der Waals surface area contributed by atoms with E-state index in [-0.39, 0.29) is 5.69 Å². The molecule has 0 unspecified atom stereocenters. The van der Waals surface area contributed by atoms with Gasteiger partial charge in [-0.1, -0.05) is 23.5 Å². The van der Waals surface area contributed by atoms with Crippen LogP contribution in [0.15, 0.2) is 59.5 Å². The van der Waals surface area contributed by atoms with Crippen LogP contribution in [0, 0.1) is 18.3 Å². The molecule has 6 aromatic rings. The van der Waals surface area contributed by atoms with Crippen LogP contribution in [-0.4, -0.2) is 29.7 Å². The van der Waals surface area contributed by atoms with Crippen molar-refractivity contribution in [2.75, 3.05) is 21.9 Å². The molecule has 13 heteroatoms. The largest absolute Gasteiger partial charge is 0.384 e. The standard InChI is InChI=1S/C24H19N11OS/c1-12-8-19(26)32-21(28-14-6-7-15-17(9-14)30-23(36)29-15)20(12)33-34-22-13(10-25)11-27-35(22)24-31-16-4-2-3-5-18(16)37-24/h2-9,11,33-34H,1H3,(H3,26,28,32)(H2,29,30,36). The first-order valence-electron chi connectivity index (χ1n) is 11.1. The third-order valence-corrected chi connectivity index (χ3v) is 6.69. The van der Waals surface area contributed by atoms with Gasteiger partial charge in [0.1, 0.15) is 17.5 Å². The Morgan fingerprint density at radius 1 is 1.08 bits per heavy atom. The fourth-order valence-electron chi connectivity index (χ4n) is 3.96. The Bertz CT molecular complexity index is 1860. The van der Waals surface area contributed by atoms with Gasteiger partial charge in [-0.05, 0) is 48.9 Å². The van der Waals surface area contributed by atoms with Gasteiger partial charge in [-0.15, -0.1) is 0 Å². The number of fused-ring (bicyclic) bond motifs is 2. The quantitative estimate of drug-likeness (QED) is 0.181. The highest BCUT2D eigenvalue weighted by Gasteiger charge is 2.17. The predicted octanol–water partition coefficient (Wildman–Crippen LogP) is 3.99. The number of nitrogens with two attached hydrogens (primary N) is 1. The van der Waals surface area contributed by atoms with Crippen molar-refractivity contribution in [1.82, 2.24) is 29.7 Å². The van der Waals surface area contributed by atoms with Gasteiger partial charge >= 0.3 is 5.69 Å². The molecule has 0 aliphatic heterocycles. The second-order valence-electron chi connectivity index (χ2n) is 8.20. The van der Waals surface area contributed by atoms with Crippen LogP contribution in [0.5, 0.6) is 0 Å². The molecule has 0 saturated heterocycles. The van der Waals surface area contributed by atoms with Crippen molar-refractivity contribution in [3.63, 3.8) is 0 Å². The van der Waals surface area contributed by atoms with Crippen LogP contribution < -0.4 is 27.6 Å². The number of nitrogen functional groups attached to an aromatic ring is 1. The molecule has 2 aromatic carbocycles. The number of anilines is 5. The van der Waals surface area contributed by atoms with E-state index in [9.17, 15) is 10.1 Å². The first-order valence-corrected chi connectivity index (χ1v) is 11.9. The number of H-pyrrole nitrogens is 2. The molecule has 0 atom stereocenters. The van der Waals surface area contributed by atoms with Gasteiger partial charge in [0.25, 0.3) is 0 Å². The molecule has 4 heterocycles. The van der Waals surface area contributed by atoms with Crippen molar-refractivity contribution < 1.29 is 0 Å². The third kappa shape index (κ3) is 4.07. The van der Waals surface area contributed by atoms with Crippen molar-refractivity contribution in [1.29, 1.82) is 5.26 Å². The van der Waals surface area contributed by atoms with E-state index in [0.717, 1.165) is 15.8 Å². The highest BCUT2D eigenvalue weighted by atomic mass is 32.1. The molecule has 0 fully saturated rings. The van der Waals surface area contributed by atoms with Crippen molar-refractivity contribution in [2.45, 2.75) is 6.92 Å². The minimum Gasteiger partial charge on any atom is -0.384 e. The molecule has 182 valence electrons. The van der Waals surface area contributed by atoms with Gasteiger partial charge in [-0.3, -0.25) is 10.9 Å². The zero-order valence-electron chi connectivity index (χ0n) is 19.3. The second kappa shape index (κ2) is 8.70. The molecule has 4 aromatic heterocycles. The van der Waals surface area contributed by atoms with Gasteiger partial charge in [-0.2, -0.15) is 15.0 Å². The molecule has 7 N–H and O–H groups in total. The zero-order valence-corrected chi connectivity index (χ0v) is 20.1. The molecule has 0 aliphatic carbocycles. The van der Waals surface area contributed by atoms with E-state index in [1.54, 1.807) is 22.9 Å². The number of hydrazine groups is 1. The Morgan fingerprint density at radius 2 is 1.92 bits per heavy atom. The van der Waals surface area contributed by atoms with E-state index in [1.807, 2.05) is 37.3 Å². The van der Waals surface area contributed by atoms with Crippen LogP contribution in [0.25, 0.3) is 26.4 Å². The molecule has 37 heavy (non-hydrogen) atoms. The lowest BCUT2D eigenvalue weighted by Gasteiger charge is -2.18. The van der Waals surface area contributed by atoms with E-state index in [1.165, 1.54) is 17.5 Å². The summed E-state index contributed by atoms with van der Waals surface area (Å²) in [6, 6.07) is 17.1. The maximum absolute atomic E-state index is 11.6. The summed E-state index contributed by atoms with van der Waals surface area (Å²) < 4.78 is 2.59. The van der Waals surface area contributed by atoms with Crippen LogP contribution in [0.2, 0.25) is 0 Å². The molecule has 6 rings (SSSR count). The number of imidazole rings is 1. The van der Waals surface area contributed by atoms with E-state index >= 15 is 0 Å². The van der Waals surface area contributed by atoms with Crippen LogP contribution in [0.4, 0.5) is 28.8 Å². The van der Waals surface area contributed by atoms with Gasteiger partial charge < -0.3 is 21.0 Å². The fraction of sp³-hybridized carbons (Fsp3) is 0.0417. The fourth-order valence-corrected chi connectivity index (χ4v) is 4.89. The predicted molar refractivity (Wildman–Crippen MR) is 144 cm³/mol. The number of benzene rings is 2. The summed E-state index contributed by atoms with van der Waals surface area (Å²) in [6.07, 6.45) is 1.48. The average Bonchev–Trinajstić information content (AvgIpc) is 3.58. The number of aromatic amines is 2. The highest BCUT2D eigenvalue weighted by Crippen LogP contribution is 2.31. The number of aromatic nitrogens is 6. The number of nitrogens with zero attached hydrogens (tertiary/aromatic N) is 5. The molecule has 0 radical (unpaired) electrons. The molecule has 0 bridgehead atoms. The van der Waals surface area contributed by atoms with Crippen molar-refractivity contribution >= 4 is 61.4 Å². The number of thiazole rings is 1. The Hall–Kier alpha value is -5.35. The average molecular weight is 510 g/mol. The number of rotatable bonds is 6. The molecule has 12 nitrogen and oxygen atoms in total. The minimum atomic E-state index is -0.283. The Labute approximate surface area is 212 Å². The van der Waals surface area contributed by atoms with Crippen molar-refractivity contribution in [2.24, 2.45) is 0 Å². The van der Waals surface area contributed by atoms with Gasteiger partial charge in [0.15, 0.2) is 11.6 Å². The van der Waals surface area contributed by atoms with Gasteiger partial charge in [0.2, 0.25) is 5.13 Å². The van der Waals surface area contributed by atoms with Gasteiger partial charge in [0, 0.05) is 5.69 Å². The number of pyridine rings is 1. The molecule has 0 amide bonds. The normalized spacial score (nSPS) is 11.0. The first-order chi connectivity index (χ1) is 18.0. The molecule has 0 saturated carbocycles. The van der Waals surface area contributed by atoms with Crippen LogP contribution in [-0.2, 0) is 0 Å². The summed E-state index contributed by atoms with van der Waals surface area (Å²) in [4.78, 5) is 26.2. The Morgan fingerprint density at radius 3 is 2.76 bits per heavy atom. The smallest absolute Gasteiger partial charge is 0.323 e. The number of nitrogens with one attached hydrogen (secondary N) is 5. The van der Waals surface area contributed by atoms with Crippen LogP contribution >= 0.6 is 11.3 Å². The third-order valence-electron chi connectivity index (χ3n) is 5.67. The maximum Gasteiger partial charge on any atom is 0.323 e. The number of aryl methyl sites for hydroxylation is 1. The van der Waals surface area contributed by atoms with Crippen molar-refractivity contribution in [3.8, 4) is 11.2 Å². The molecular weight excluding hydrogens is 490 g/mol. The summed E-state index contributed by atoms with van der Waals surface area (Å²) in [5, 5.41) is 17.9. The van der Waals surface area contributed by atoms with Crippen LogP contribution in [0.3, 0.4) is 0 Å². The Balaban J connectivity index is 1.34. The maximum atomic E-state index is 11.6. The van der Waals surface area contributed by atoms with Crippen molar-refractivity contribution in [3.05, 3.63) is 76.3 Å². The van der Waals surface area contributed by atoms with E-state index < -0.39 is 0 Å². The van der Waals surface area contributed by atoms with Gasteiger partial charge in [-0.25, -0.2) is 14.8 Å². The number of nitriles is 1. The Kier molecular flexibility index (Phi) is 5.21. The van der Waals surface area contributed by atoms with E-state index in [0.29, 0.717) is 50.6 Å². The zero-order chi connectivity index (χ0) is 25.5. The lowest BCUT2D eigenvalue weighted by molar-refractivity contribution is 0.876. The van der Waals surface area contributed by atoms with Gasteiger partial charge in [0.05, 0.1) is 33.1 Å². The van der Waals surface area contributed by atoms with Crippen LogP contribution in [0.1, 0.15) is 11.1 Å². The number of hydrogen-bond acceptors (Lipinski definition) is 10. The number of hydrogen-bond donors (Lipinski definition) is 6. The summed E-state index contributed by atoms with van der Waals surface area (Å²) in [5.41, 5.74) is 16.7. The summed E-state index contributed by atoms with van der Waals surface area (Å²) >= 11 is 1.47. The molecule has 0 aliphatic rings. The monoisotopic (exact) mass is 509 g/mol. The lowest BCUT2D eigenvalue weighted by atomic mass is 10.2. The SMILES string of the molecule is Cc1cc(N)nc(Nc2ccc3[nH]c(=O)[nH]c3c2)c1NNc1c(C#N)cnn1-c1nc2ccccc2s1.